The lowest BCUT2D eigenvalue weighted by atomic mass is 10.2. The second-order valence-corrected chi connectivity index (χ2v) is 11.3. The topological polar surface area (TPSA) is 117 Å². The summed E-state index contributed by atoms with van der Waals surface area (Å²) in [6, 6.07) is 10.3. The molecule has 0 radical (unpaired) electrons. The number of halogens is 2. The lowest BCUT2D eigenvalue weighted by Crippen LogP contribution is -2.41. The average Bonchev–Trinajstić information content (AvgIpc) is 3.24. The number of aromatic nitrogens is 3. The van der Waals surface area contributed by atoms with Crippen molar-refractivity contribution < 1.29 is 18.3 Å². The number of carbonyl (C=O) groups is 1. The summed E-state index contributed by atoms with van der Waals surface area (Å²) in [4.78, 5) is 11.6. The summed E-state index contributed by atoms with van der Waals surface area (Å²) in [5.41, 5.74) is 1.92. The molecule has 0 fully saturated rings. The van der Waals surface area contributed by atoms with Gasteiger partial charge in [0.15, 0.2) is 5.82 Å². The van der Waals surface area contributed by atoms with Gasteiger partial charge < -0.3 is 10.4 Å². The molecular weight excluding hydrogens is 525 g/mol. The van der Waals surface area contributed by atoms with Gasteiger partial charge in [-0.15, -0.1) is 10.2 Å². The highest BCUT2D eigenvalue weighted by Crippen LogP contribution is 2.32. The highest BCUT2D eigenvalue weighted by atomic mass is 35.5. The summed E-state index contributed by atoms with van der Waals surface area (Å²) < 4.78 is 29.6. The molecule has 2 heterocycles. The largest absolute Gasteiger partial charge is 0.480 e. The smallest absolute Gasteiger partial charge is 0.324 e. The maximum atomic E-state index is 13.4. The summed E-state index contributed by atoms with van der Waals surface area (Å²) in [5.74, 6) is -0.113. The molecule has 1 aliphatic rings. The summed E-state index contributed by atoms with van der Waals surface area (Å²) >= 11 is 12.1. The molecule has 1 aliphatic carbocycles. The summed E-state index contributed by atoms with van der Waals surface area (Å²) in [7, 11) is -4.14. The fourth-order valence-corrected chi connectivity index (χ4v) is 6.29. The highest BCUT2D eigenvalue weighted by Gasteiger charge is 2.34. The van der Waals surface area contributed by atoms with Gasteiger partial charge in [0.05, 0.1) is 11.2 Å². The Bertz CT molecular complexity index is 1500. The van der Waals surface area contributed by atoms with Crippen molar-refractivity contribution in [2.75, 3.05) is 22.7 Å². The van der Waals surface area contributed by atoms with Crippen LogP contribution in [-0.4, -0.2) is 52.6 Å². The van der Waals surface area contributed by atoms with Crippen LogP contribution in [0.4, 0.5) is 11.5 Å². The van der Waals surface area contributed by atoms with Crippen molar-refractivity contribution in [2.45, 2.75) is 18.6 Å². The zero-order valence-electron chi connectivity index (χ0n) is 19.2. The fourth-order valence-electron chi connectivity index (χ4n) is 3.77. The Morgan fingerprint density at radius 1 is 1.25 bits per heavy atom. The molecule has 12 heteroatoms. The van der Waals surface area contributed by atoms with E-state index >= 15 is 0 Å². The van der Waals surface area contributed by atoms with Gasteiger partial charge in [0.25, 0.3) is 0 Å². The Labute approximate surface area is 218 Å². The molecule has 2 N–H and O–H groups in total. The van der Waals surface area contributed by atoms with Crippen LogP contribution < -0.4 is 9.62 Å². The van der Waals surface area contributed by atoms with Gasteiger partial charge in [0.2, 0.25) is 10.0 Å². The lowest BCUT2D eigenvalue weighted by molar-refractivity contribution is -0.135. The molecule has 0 bridgehead atoms. The molecule has 188 valence electrons. The number of sulfonamides is 1. The van der Waals surface area contributed by atoms with E-state index in [0.29, 0.717) is 23.6 Å². The number of hydrogen-bond acceptors (Lipinski definition) is 6. The Morgan fingerprint density at radius 2 is 2.03 bits per heavy atom. The Hall–Kier alpha value is -3.34. The first-order chi connectivity index (χ1) is 17.0. The van der Waals surface area contributed by atoms with E-state index in [0.717, 1.165) is 15.4 Å². The minimum Gasteiger partial charge on any atom is -0.480 e. The van der Waals surface area contributed by atoms with E-state index < -0.39 is 27.8 Å². The molecule has 1 atom stereocenters. The number of rotatable bonds is 9. The van der Waals surface area contributed by atoms with Gasteiger partial charge in [-0.1, -0.05) is 35.4 Å². The van der Waals surface area contributed by atoms with Crippen molar-refractivity contribution in [2.24, 2.45) is 0 Å². The van der Waals surface area contributed by atoms with Crippen molar-refractivity contribution in [3.63, 3.8) is 0 Å². The molecule has 0 saturated carbocycles. The second kappa shape index (κ2) is 10.3. The summed E-state index contributed by atoms with van der Waals surface area (Å²) in [5, 5.41) is 21.1. The molecule has 0 amide bonds. The number of nitrogens with zero attached hydrogens (tertiary/aromatic N) is 4. The van der Waals surface area contributed by atoms with Gasteiger partial charge in [0.1, 0.15) is 17.6 Å². The number of benzene rings is 1. The maximum Gasteiger partial charge on any atom is 0.324 e. The quantitative estimate of drug-likeness (QED) is 0.374. The minimum absolute atomic E-state index is 0.00470. The maximum absolute atomic E-state index is 13.4. The minimum atomic E-state index is -4.14. The van der Waals surface area contributed by atoms with Crippen LogP contribution in [0, 0.1) is 0 Å². The first kappa shape index (κ1) is 25.7. The molecular formula is C24H23Cl2N5O4S. The standard InChI is InChI=1S/C24H23Cl2N5O4S/c1-15(2)13-27-22-5-6-23(29-28-22)30-8-7-16-9-19(3-4-21(16)30)31(14-24(32)33)36(34,35)20-11-17(25)10-18(26)12-20/h3-11,20H,1,12-14H2,2H3,(H,27,28)(H,32,33). The molecule has 4 rings (SSSR count). The Kier molecular flexibility index (Phi) is 7.39. The van der Waals surface area contributed by atoms with Crippen molar-refractivity contribution in [1.82, 2.24) is 14.8 Å². The van der Waals surface area contributed by atoms with E-state index in [-0.39, 0.29) is 22.2 Å². The monoisotopic (exact) mass is 547 g/mol. The molecule has 9 nitrogen and oxygen atoms in total. The van der Waals surface area contributed by atoms with E-state index in [9.17, 15) is 18.3 Å². The normalized spacial score (nSPS) is 15.8. The van der Waals surface area contributed by atoms with Gasteiger partial charge in [-0.05, 0) is 55.5 Å². The van der Waals surface area contributed by atoms with Crippen molar-refractivity contribution in [3.8, 4) is 5.82 Å². The molecule has 1 aromatic carbocycles. The van der Waals surface area contributed by atoms with E-state index in [1.807, 2.05) is 6.92 Å². The van der Waals surface area contributed by atoms with Crippen LogP contribution in [0.15, 0.2) is 77.0 Å². The second-order valence-electron chi connectivity index (χ2n) is 8.35. The van der Waals surface area contributed by atoms with E-state index in [1.54, 1.807) is 47.2 Å². The number of carboxylic acid groups (broad SMARTS) is 1. The predicted octanol–water partition coefficient (Wildman–Crippen LogP) is 4.65. The van der Waals surface area contributed by atoms with Crippen molar-refractivity contribution in [1.29, 1.82) is 0 Å². The number of hydrogen-bond donors (Lipinski definition) is 2. The van der Waals surface area contributed by atoms with Crippen LogP contribution in [0.5, 0.6) is 0 Å². The van der Waals surface area contributed by atoms with Crippen LogP contribution in [0.3, 0.4) is 0 Å². The fraction of sp³-hybridized carbons (Fsp3) is 0.208. The van der Waals surface area contributed by atoms with Crippen LogP contribution in [0.25, 0.3) is 16.7 Å². The number of fused-ring (bicyclic) bond motifs is 1. The van der Waals surface area contributed by atoms with E-state index in [1.165, 1.54) is 12.2 Å². The van der Waals surface area contributed by atoms with Gasteiger partial charge in [-0.3, -0.25) is 13.7 Å². The molecule has 36 heavy (non-hydrogen) atoms. The third-order valence-electron chi connectivity index (χ3n) is 5.43. The SMILES string of the molecule is C=C(C)CNc1ccc(-n2ccc3cc(N(CC(=O)O)S(=O)(=O)C4C=C(Cl)C=C(Cl)C4)ccc32)nn1. The van der Waals surface area contributed by atoms with E-state index in [4.69, 9.17) is 23.2 Å². The molecule has 0 spiro atoms. The summed E-state index contributed by atoms with van der Waals surface area (Å²) in [6.07, 6.45) is 4.62. The number of aliphatic carboxylic acids is 1. The Balaban J connectivity index is 1.67. The van der Waals surface area contributed by atoms with Crippen LogP contribution in [0.2, 0.25) is 0 Å². The van der Waals surface area contributed by atoms with Gasteiger partial charge in [-0.2, -0.15) is 0 Å². The molecule has 0 saturated heterocycles. The molecule has 1 unspecified atom stereocenters. The predicted molar refractivity (Wildman–Crippen MR) is 142 cm³/mol. The highest BCUT2D eigenvalue weighted by molar-refractivity contribution is 7.93. The van der Waals surface area contributed by atoms with Crippen molar-refractivity contribution in [3.05, 3.63) is 77.0 Å². The number of allylic oxidation sites excluding steroid dienone is 3. The summed E-state index contributed by atoms with van der Waals surface area (Å²) in [6.45, 7) is 5.59. The molecule has 2 aromatic heterocycles. The first-order valence-corrected chi connectivity index (χ1v) is 13.1. The lowest BCUT2D eigenvalue weighted by Gasteiger charge is -2.28. The zero-order valence-corrected chi connectivity index (χ0v) is 21.6. The molecule has 0 aliphatic heterocycles. The van der Waals surface area contributed by atoms with Gasteiger partial charge in [-0.25, -0.2) is 8.42 Å². The van der Waals surface area contributed by atoms with Gasteiger partial charge in [0, 0.05) is 34.6 Å². The van der Waals surface area contributed by atoms with E-state index in [2.05, 4.69) is 22.1 Å². The molecule has 3 aromatic rings. The number of carboxylic acids is 1. The first-order valence-electron chi connectivity index (χ1n) is 10.8. The Morgan fingerprint density at radius 3 is 2.67 bits per heavy atom. The van der Waals surface area contributed by atoms with Crippen LogP contribution >= 0.6 is 23.2 Å². The van der Waals surface area contributed by atoms with Crippen LogP contribution in [0.1, 0.15) is 13.3 Å². The zero-order chi connectivity index (χ0) is 26.0. The van der Waals surface area contributed by atoms with Crippen LogP contribution in [-0.2, 0) is 14.8 Å². The number of anilines is 2. The van der Waals surface area contributed by atoms with Gasteiger partial charge >= 0.3 is 5.97 Å². The average molecular weight is 548 g/mol. The number of nitrogens with one attached hydrogen (secondary N) is 1. The third kappa shape index (κ3) is 5.56. The third-order valence-corrected chi connectivity index (χ3v) is 7.96. The van der Waals surface area contributed by atoms with Crippen molar-refractivity contribution >= 4 is 61.6 Å².